The van der Waals surface area contributed by atoms with E-state index in [9.17, 15) is 4.79 Å². The van der Waals surface area contributed by atoms with Crippen LogP contribution in [-0.4, -0.2) is 39.9 Å². The highest BCUT2D eigenvalue weighted by atomic mass is 16.5. The van der Waals surface area contributed by atoms with E-state index in [1.54, 1.807) is 53.2 Å². The first-order valence-electron chi connectivity index (χ1n) is 10.1. The number of methoxy groups -OCH3 is 2. The summed E-state index contributed by atoms with van der Waals surface area (Å²) < 4.78 is 18.2. The third-order valence-electron chi connectivity index (χ3n) is 4.84. The van der Waals surface area contributed by atoms with Gasteiger partial charge < -0.3 is 19.5 Å². The van der Waals surface area contributed by atoms with Crippen molar-refractivity contribution in [2.24, 2.45) is 0 Å². The maximum Gasteiger partial charge on any atom is 0.259 e. The largest absolute Gasteiger partial charge is 0.493 e. The van der Waals surface area contributed by atoms with Crippen LogP contribution in [0.15, 0.2) is 60.9 Å². The van der Waals surface area contributed by atoms with Crippen molar-refractivity contribution in [1.82, 2.24) is 19.7 Å². The molecule has 2 aromatic carbocycles. The van der Waals surface area contributed by atoms with Gasteiger partial charge in [-0.3, -0.25) is 4.79 Å². The number of nitrogens with zero attached hydrogens (tertiary/aromatic N) is 4. The minimum Gasteiger partial charge on any atom is -0.493 e. The van der Waals surface area contributed by atoms with Crippen LogP contribution in [0.4, 0.5) is 5.69 Å². The van der Waals surface area contributed by atoms with E-state index in [1.165, 1.54) is 20.5 Å². The number of carbonyl (C=O) groups is 1. The van der Waals surface area contributed by atoms with Crippen molar-refractivity contribution in [3.8, 4) is 28.9 Å². The Kier molecular flexibility index (Phi) is 6.21. The highest BCUT2D eigenvalue weighted by Crippen LogP contribution is 2.31. The number of aryl methyl sites for hydroxylation is 2. The predicted molar refractivity (Wildman–Crippen MR) is 123 cm³/mol. The molecule has 9 nitrogen and oxygen atoms in total. The first-order chi connectivity index (χ1) is 16.0. The summed E-state index contributed by atoms with van der Waals surface area (Å²) in [6, 6.07) is 15.8. The fourth-order valence-electron chi connectivity index (χ4n) is 3.35. The molecular formula is C24H23N5O4. The summed E-state index contributed by atoms with van der Waals surface area (Å²) in [7, 11) is 3.02. The van der Waals surface area contributed by atoms with E-state index in [1.807, 2.05) is 19.9 Å². The minimum atomic E-state index is -0.315. The summed E-state index contributed by atoms with van der Waals surface area (Å²) in [4.78, 5) is 21.2. The predicted octanol–water partition coefficient (Wildman–Crippen LogP) is 4.34. The fourth-order valence-corrected chi connectivity index (χ4v) is 3.35. The van der Waals surface area contributed by atoms with Crippen LogP contribution in [0.25, 0.3) is 5.82 Å². The molecule has 0 radical (unpaired) electrons. The second kappa shape index (κ2) is 9.39. The Morgan fingerprint density at radius 2 is 1.76 bits per heavy atom. The average Bonchev–Trinajstić information content (AvgIpc) is 3.17. The second-order valence-electron chi connectivity index (χ2n) is 7.17. The molecule has 9 heteroatoms. The van der Waals surface area contributed by atoms with E-state index >= 15 is 0 Å². The van der Waals surface area contributed by atoms with Gasteiger partial charge in [-0.25, -0.2) is 14.6 Å². The molecule has 0 saturated heterocycles. The maximum atomic E-state index is 12.7. The van der Waals surface area contributed by atoms with Crippen molar-refractivity contribution in [1.29, 1.82) is 0 Å². The topological polar surface area (TPSA) is 100 Å². The third kappa shape index (κ3) is 4.77. The fraction of sp³-hybridized carbons (Fsp3) is 0.167. The number of para-hydroxylation sites is 1. The van der Waals surface area contributed by atoms with Crippen LogP contribution in [0.3, 0.4) is 0 Å². The summed E-state index contributed by atoms with van der Waals surface area (Å²) in [5.41, 5.74) is 2.83. The van der Waals surface area contributed by atoms with Gasteiger partial charge in [-0.05, 0) is 56.3 Å². The van der Waals surface area contributed by atoms with Gasteiger partial charge in [-0.2, -0.15) is 5.10 Å². The van der Waals surface area contributed by atoms with Gasteiger partial charge in [0.1, 0.15) is 12.1 Å². The van der Waals surface area contributed by atoms with Crippen molar-refractivity contribution >= 4 is 11.6 Å². The quantitative estimate of drug-likeness (QED) is 0.452. The molecule has 2 heterocycles. The van der Waals surface area contributed by atoms with Gasteiger partial charge in [0, 0.05) is 17.4 Å². The van der Waals surface area contributed by atoms with E-state index in [0.717, 1.165) is 11.4 Å². The van der Waals surface area contributed by atoms with E-state index < -0.39 is 0 Å². The number of nitrogens with one attached hydrogen (secondary N) is 1. The Balaban J connectivity index is 1.47. The Morgan fingerprint density at radius 1 is 0.970 bits per heavy atom. The number of hydrogen-bond donors (Lipinski definition) is 1. The van der Waals surface area contributed by atoms with Gasteiger partial charge in [0.05, 0.1) is 25.5 Å². The normalized spacial score (nSPS) is 10.5. The lowest BCUT2D eigenvalue weighted by Gasteiger charge is -2.13. The lowest BCUT2D eigenvalue weighted by molar-refractivity contribution is 0.102. The Morgan fingerprint density at radius 3 is 2.42 bits per heavy atom. The van der Waals surface area contributed by atoms with Crippen LogP contribution in [0.5, 0.6) is 23.1 Å². The van der Waals surface area contributed by atoms with E-state index in [-0.39, 0.29) is 5.91 Å². The lowest BCUT2D eigenvalue weighted by atomic mass is 10.1. The minimum absolute atomic E-state index is 0.315. The van der Waals surface area contributed by atoms with E-state index in [2.05, 4.69) is 20.4 Å². The molecule has 1 amide bonds. The molecular weight excluding hydrogens is 422 g/mol. The van der Waals surface area contributed by atoms with Crippen molar-refractivity contribution < 1.29 is 19.0 Å². The highest BCUT2D eigenvalue weighted by molar-refractivity contribution is 6.06. The summed E-state index contributed by atoms with van der Waals surface area (Å²) in [5, 5.41) is 7.28. The van der Waals surface area contributed by atoms with Crippen LogP contribution >= 0.6 is 0 Å². The first kappa shape index (κ1) is 21.8. The third-order valence-corrected chi connectivity index (χ3v) is 4.84. The van der Waals surface area contributed by atoms with Gasteiger partial charge in [0.25, 0.3) is 5.91 Å². The van der Waals surface area contributed by atoms with Crippen molar-refractivity contribution in [2.75, 3.05) is 19.5 Å². The monoisotopic (exact) mass is 445 g/mol. The van der Waals surface area contributed by atoms with Gasteiger partial charge in [-0.15, -0.1) is 0 Å². The molecule has 168 valence electrons. The second-order valence-corrected chi connectivity index (χ2v) is 7.17. The standard InChI is InChI=1S/C24H23N5O4/c1-15-12-16(2)29(28-15)21-13-22(26-14-25-21)33-18-10-8-17(9-11-18)27-24(30)19-6-5-7-20(31-3)23(19)32-4/h5-14H,1-4H3,(H,27,30). The average molecular weight is 445 g/mol. The molecule has 2 aromatic heterocycles. The molecule has 0 unspecified atom stereocenters. The van der Waals surface area contributed by atoms with Crippen molar-refractivity contribution in [3.05, 3.63) is 77.9 Å². The summed E-state index contributed by atoms with van der Waals surface area (Å²) in [6.45, 7) is 3.88. The number of amides is 1. The summed E-state index contributed by atoms with van der Waals surface area (Å²) >= 11 is 0. The number of hydrogen-bond acceptors (Lipinski definition) is 7. The zero-order chi connectivity index (χ0) is 23.4. The van der Waals surface area contributed by atoms with Gasteiger partial charge in [-0.1, -0.05) is 6.07 Å². The van der Waals surface area contributed by atoms with E-state index in [0.29, 0.717) is 40.2 Å². The number of anilines is 1. The van der Waals surface area contributed by atoms with Gasteiger partial charge >= 0.3 is 0 Å². The molecule has 0 atom stereocenters. The van der Waals surface area contributed by atoms with Crippen molar-refractivity contribution in [2.45, 2.75) is 13.8 Å². The SMILES string of the molecule is COc1cccc(C(=O)Nc2ccc(Oc3cc(-n4nc(C)cc4C)ncn3)cc2)c1OC. The van der Waals surface area contributed by atoms with Crippen LogP contribution < -0.4 is 19.5 Å². The number of aromatic nitrogens is 4. The van der Waals surface area contributed by atoms with E-state index in [4.69, 9.17) is 14.2 Å². The lowest BCUT2D eigenvalue weighted by Crippen LogP contribution is -2.13. The Labute approximate surface area is 191 Å². The molecule has 33 heavy (non-hydrogen) atoms. The molecule has 0 aliphatic carbocycles. The Bertz CT molecular complexity index is 1280. The zero-order valence-electron chi connectivity index (χ0n) is 18.7. The number of rotatable bonds is 7. The summed E-state index contributed by atoms with van der Waals surface area (Å²) in [6.07, 6.45) is 1.43. The molecule has 0 aliphatic heterocycles. The number of ether oxygens (including phenoxy) is 3. The molecule has 0 bridgehead atoms. The maximum absolute atomic E-state index is 12.7. The Hall–Kier alpha value is -4.40. The van der Waals surface area contributed by atoms with Crippen molar-refractivity contribution in [3.63, 3.8) is 0 Å². The number of carbonyl (C=O) groups excluding carboxylic acids is 1. The molecule has 0 spiro atoms. The molecule has 4 rings (SSSR count). The molecule has 1 N–H and O–H groups in total. The highest BCUT2D eigenvalue weighted by Gasteiger charge is 2.16. The number of benzene rings is 2. The molecule has 0 fully saturated rings. The van der Waals surface area contributed by atoms with Gasteiger partial charge in [0.15, 0.2) is 17.3 Å². The molecule has 0 saturated carbocycles. The summed E-state index contributed by atoms with van der Waals surface area (Å²) in [5.74, 6) is 2.10. The van der Waals surface area contributed by atoms with Crippen LogP contribution in [0.1, 0.15) is 21.7 Å². The van der Waals surface area contributed by atoms with Crippen LogP contribution in [0, 0.1) is 13.8 Å². The first-order valence-corrected chi connectivity index (χ1v) is 10.1. The molecule has 4 aromatic rings. The van der Waals surface area contributed by atoms with Gasteiger partial charge in [0.2, 0.25) is 5.88 Å². The smallest absolute Gasteiger partial charge is 0.259 e. The molecule has 0 aliphatic rings. The van der Waals surface area contributed by atoms with Crippen LogP contribution in [-0.2, 0) is 0 Å². The van der Waals surface area contributed by atoms with Crippen LogP contribution in [0.2, 0.25) is 0 Å². The zero-order valence-corrected chi connectivity index (χ0v) is 18.7.